The van der Waals surface area contributed by atoms with E-state index in [-0.39, 0.29) is 18.0 Å². The molecule has 2 heterocycles. The Kier molecular flexibility index (Phi) is 5.37. The molecule has 30 heavy (non-hydrogen) atoms. The quantitative estimate of drug-likeness (QED) is 0.521. The SMILES string of the molecule is COc1ccc(-c2csc3c(=O)n(CC(=O)Nc4c(C)cccc4C)cnc23)cc1. The summed E-state index contributed by atoms with van der Waals surface area (Å²) in [5, 5.41) is 4.83. The standard InChI is InChI=1S/C23H21N3O3S/c1-14-5-4-6-15(2)20(14)25-19(27)11-26-13-24-21-18(12-30-22(21)23(26)28)16-7-9-17(29-3)10-8-16/h4-10,12-13H,11H2,1-3H3,(H,25,27). The molecule has 4 rings (SSSR count). The Morgan fingerprint density at radius 1 is 1.13 bits per heavy atom. The molecule has 0 spiro atoms. The Labute approximate surface area is 177 Å². The number of ether oxygens (including phenoxy) is 1. The van der Waals surface area contributed by atoms with Crippen LogP contribution in [-0.4, -0.2) is 22.6 Å². The molecule has 0 atom stereocenters. The number of benzene rings is 2. The third-order valence-electron chi connectivity index (χ3n) is 5.01. The minimum absolute atomic E-state index is 0.0919. The van der Waals surface area contributed by atoms with E-state index in [1.807, 2.05) is 61.7 Å². The van der Waals surface area contributed by atoms with E-state index >= 15 is 0 Å². The van der Waals surface area contributed by atoms with Crippen molar-refractivity contribution in [2.75, 3.05) is 12.4 Å². The lowest BCUT2D eigenvalue weighted by Crippen LogP contribution is -2.27. The topological polar surface area (TPSA) is 73.2 Å². The summed E-state index contributed by atoms with van der Waals surface area (Å²) < 4.78 is 7.08. The molecule has 6 nitrogen and oxygen atoms in total. The van der Waals surface area contributed by atoms with Crippen molar-refractivity contribution in [2.24, 2.45) is 0 Å². The average Bonchev–Trinajstić information content (AvgIpc) is 3.18. The maximum atomic E-state index is 12.9. The number of hydrogen-bond donors (Lipinski definition) is 1. The number of nitrogens with one attached hydrogen (secondary N) is 1. The Balaban J connectivity index is 1.61. The van der Waals surface area contributed by atoms with Gasteiger partial charge < -0.3 is 10.1 Å². The normalized spacial score (nSPS) is 10.9. The molecular formula is C23H21N3O3S. The molecule has 0 fully saturated rings. The van der Waals surface area contributed by atoms with Crippen LogP contribution in [-0.2, 0) is 11.3 Å². The first-order valence-corrected chi connectivity index (χ1v) is 10.3. The summed E-state index contributed by atoms with van der Waals surface area (Å²) in [6.45, 7) is 3.79. The number of para-hydroxylation sites is 1. The molecule has 1 N–H and O–H groups in total. The summed E-state index contributed by atoms with van der Waals surface area (Å²) in [6, 6.07) is 13.4. The molecule has 0 bridgehead atoms. The first-order valence-electron chi connectivity index (χ1n) is 9.45. The first kappa shape index (κ1) is 19.8. The van der Waals surface area contributed by atoms with Crippen molar-refractivity contribution < 1.29 is 9.53 Å². The summed E-state index contributed by atoms with van der Waals surface area (Å²) in [5.74, 6) is 0.506. The van der Waals surface area contributed by atoms with Crippen LogP contribution in [0.5, 0.6) is 5.75 Å². The van der Waals surface area contributed by atoms with Crippen LogP contribution in [0.3, 0.4) is 0 Å². The van der Waals surface area contributed by atoms with Gasteiger partial charge in [-0.3, -0.25) is 14.2 Å². The van der Waals surface area contributed by atoms with Crippen molar-refractivity contribution in [2.45, 2.75) is 20.4 Å². The van der Waals surface area contributed by atoms with Gasteiger partial charge in [-0.25, -0.2) is 4.98 Å². The molecule has 0 saturated carbocycles. The number of carbonyl (C=O) groups excluding carboxylic acids is 1. The molecule has 0 aliphatic heterocycles. The van der Waals surface area contributed by atoms with E-state index in [0.29, 0.717) is 10.2 Å². The van der Waals surface area contributed by atoms with Gasteiger partial charge in [-0.1, -0.05) is 30.3 Å². The fourth-order valence-corrected chi connectivity index (χ4v) is 4.35. The van der Waals surface area contributed by atoms with Gasteiger partial charge in [0, 0.05) is 16.6 Å². The van der Waals surface area contributed by atoms with Crippen LogP contribution in [0.15, 0.2) is 59.0 Å². The van der Waals surface area contributed by atoms with E-state index in [1.54, 1.807) is 7.11 Å². The highest BCUT2D eigenvalue weighted by molar-refractivity contribution is 7.17. The largest absolute Gasteiger partial charge is 0.497 e. The molecule has 4 aromatic rings. The van der Waals surface area contributed by atoms with Crippen molar-refractivity contribution in [1.82, 2.24) is 9.55 Å². The van der Waals surface area contributed by atoms with Gasteiger partial charge in [-0.2, -0.15) is 0 Å². The maximum Gasteiger partial charge on any atom is 0.271 e. The molecule has 152 valence electrons. The number of aryl methyl sites for hydroxylation is 2. The van der Waals surface area contributed by atoms with E-state index < -0.39 is 0 Å². The Morgan fingerprint density at radius 3 is 2.50 bits per heavy atom. The molecule has 0 unspecified atom stereocenters. The van der Waals surface area contributed by atoms with Gasteiger partial charge in [0.15, 0.2) is 0 Å². The van der Waals surface area contributed by atoms with Gasteiger partial charge in [-0.05, 0) is 42.7 Å². The molecule has 0 aliphatic rings. The van der Waals surface area contributed by atoms with Crippen LogP contribution in [0.1, 0.15) is 11.1 Å². The van der Waals surface area contributed by atoms with Crippen molar-refractivity contribution >= 4 is 33.1 Å². The lowest BCUT2D eigenvalue weighted by molar-refractivity contribution is -0.116. The zero-order chi connectivity index (χ0) is 21.3. The van der Waals surface area contributed by atoms with Crippen LogP contribution in [0.25, 0.3) is 21.3 Å². The van der Waals surface area contributed by atoms with Gasteiger partial charge in [0.1, 0.15) is 17.0 Å². The van der Waals surface area contributed by atoms with Crippen molar-refractivity contribution in [3.8, 4) is 16.9 Å². The van der Waals surface area contributed by atoms with E-state index in [9.17, 15) is 9.59 Å². The van der Waals surface area contributed by atoms with E-state index in [2.05, 4.69) is 10.3 Å². The van der Waals surface area contributed by atoms with Gasteiger partial charge in [-0.15, -0.1) is 11.3 Å². The lowest BCUT2D eigenvalue weighted by atomic mass is 10.1. The molecule has 0 aliphatic carbocycles. The lowest BCUT2D eigenvalue weighted by Gasteiger charge is -2.12. The number of methoxy groups -OCH3 is 1. The van der Waals surface area contributed by atoms with Crippen molar-refractivity contribution in [1.29, 1.82) is 0 Å². The highest BCUT2D eigenvalue weighted by atomic mass is 32.1. The summed E-state index contributed by atoms with van der Waals surface area (Å²) in [4.78, 5) is 30.0. The van der Waals surface area contributed by atoms with Crippen molar-refractivity contribution in [3.63, 3.8) is 0 Å². The average molecular weight is 420 g/mol. The Morgan fingerprint density at radius 2 is 1.83 bits per heavy atom. The van der Waals surface area contributed by atoms with Gasteiger partial charge in [0.2, 0.25) is 5.91 Å². The zero-order valence-electron chi connectivity index (χ0n) is 16.9. The minimum Gasteiger partial charge on any atom is -0.497 e. The summed E-state index contributed by atoms with van der Waals surface area (Å²) in [5.41, 5.74) is 5.00. The number of anilines is 1. The second kappa shape index (κ2) is 8.12. The van der Waals surface area contributed by atoms with E-state index in [1.165, 1.54) is 22.2 Å². The predicted octanol–water partition coefficient (Wildman–Crippen LogP) is 4.39. The zero-order valence-corrected chi connectivity index (χ0v) is 17.7. The summed E-state index contributed by atoms with van der Waals surface area (Å²) in [6.07, 6.45) is 1.44. The number of fused-ring (bicyclic) bond motifs is 1. The molecule has 7 heteroatoms. The minimum atomic E-state index is -0.261. The fraction of sp³-hybridized carbons (Fsp3) is 0.174. The molecule has 0 saturated heterocycles. The van der Waals surface area contributed by atoms with Crippen LogP contribution in [0.4, 0.5) is 5.69 Å². The Bertz CT molecular complexity index is 1270. The first-order chi connectivity index (χ1) is 14.5. The highest BCUT2D eigenvalue weighted by Crippen LogP contribution is 2.31. The summed E-state index contributed by atoms with van der Waals surface area (Å²) in [7, 11) is 1.62. The molecule has 1 amide bonds. The number of carbonyl (C=O) groups is 1. The van der Waals surface area contributed by atoms with Gasteiger partial charge in [0.25, 0.3) is 5.56 Å². The smallest absolute Gasteiger partial charge is 0.271 e. The molecular weight excluding hydrogens is 398 g/mol. The molecule has 2 aromatic carbocycles. The van der Waals surface area contributed by atoms with Gasteiger partial charge >= 0.3 is 0 Å². The fourth-order valence-electron chi connectivity index (χ4n) is 3.38. The van der Waals surface area contributed by atoms with Crippen LogP contribution < -0.4 is 15.6 Å². The van der Waals surface area contributed by atoms with E-state index in [0.717, 1.165) is 33.7 Å². The predicted molar refractivity (Wildman–Crippen MR) is 120 cm³/mol. The second-order valence-electron chi connectivity index (χ2n) is 7.05. The second-order valence-corrected chi connectivity index (χ2v) is 7.93. The van der Waals surface area contributed by atoms with Crippen LogP contribution in [0.2, 0.25) is 0 Å². The number of hydrogen-bond acceptors (Lipinski definition) is 5. The molecule has 2 aromatic heterocycles. The van der Waals surface area contributed by atoms with Crippen LogP contribution >= 0.6 is 11.3 Å². The number of nitrogens with zero attached hydrogens (tertiary/aromatic N) is 2. The molecule has 0 radical (unpaired) electrons. The Hall–Kier alpha value is -3.45. The van der Waals surface area contributed by atoms with Crippen LogP contribution in [0, 0.1) is 13.8 Å². The van der Waals surface area contributed by atoms with E-state index in [4.69, 9.17) is 4.74 Å². The van der Waals surface area contributed by atoms with Crippen molar-refractivity contribution in [3.05, 3.63) is 75.7 Å². The summed E-state index contributed by atoms with van der Waals surface area (Å²) >= 11 is 1.34. The third-order valence-corrected chi connectivity index (χ3v) is 5.96. The number of rotatable bonds is 5. The number of amides is 1. The number of aromatic nitrogens is 2. The maximum absolute atomic E-state index is 12.9. The third kappa shape index (κ3) is 3.71. The highest BCUT2D eigenvalue weighted by Gasteiger charge is 2.15. The monoisotopic (exact) mass is 419 g/mol. The number of thiophene rings is 1. The van der Waals surface area contributed by atoms with Gasteiger partial charge in [0.05, 0.1) is 19.0 Å².